The fourth-order valence-electron chi connectivity index (χ4n) is 2.75. The van der Waals surface area contributed by atoms with Crippen molar-refractivity contribution < 1.29 is 9.90 Å². The fourth-order valence-corrected chi connectivity index (χ4v) is 3.96. The molecule has 0 atom stereocenters. The van der Waals surface area contributed by atoms with Crippen LogP contribution in [0.1, 0.15) is 33.4 Å². The molecule has 1 aliphatic heterocycles. The van der Waals surface area contributed by atoms with E-state index in [0.717, 1.165) is 16.5 Å². The number of aromatic hydroxyl groups is 1. The lowest BCUT2D eigenvalue weighted by Gasteiger charge is -2.20. The number of hydrogen-bond donors (Lipinski definition) is 1. The lowest BCUT2D eigenvalue weighted by Crippen LogP contribution is -2.35. The summed E-state index contributed by atoms with van der Waals surface area (Å²) in [7, 11) is 0. The summed E-state index contributed by atoms with van der Waals surface area (Å²) in [6.45, 7) is 8.01. The Morgan fingerprint density at radius 3 is 2.42 bits per heavy atom. The van der Waals surface area contributed by atoms with Crippen LogP contribution in [-0.4, -0.2) is 37.7 Å². The molecule has 0 bridgehead atoms. The maximum Gasteiger partial charge on any atom is 0.267 e. The zero-order valence-electron chi connectivity index (χ0n) is 15.4. The van der Waals surface area contributed by atoms with E-state index in [4.69, 9.17) is 0 Å². The Labute approximate surface area is 158 Å². The maximum atomic E-state index is 12.9. The SMILES string of the molecule is CC(C)N=C1S/C(=C/c2cccn2-c2ccc(O)cc2)C(=O)N1C(C)C. The van der Waals surface area contributed by atoms with Gasteiger partial charge < -0.3 is 9.67 Å². The molecule has 2 heterocycles. The zero-order chi connectivity index (χ0) is 18.8. The molecule has 1 saturated heterocycles. The van der Waals surface area contributed by atoms with Crippen LogP contribution in [0.2, 0.25) is 0 Å². The smallest absolute Gasteiger partial charge is 0.267 e. The normalized spacial score (nSPS) is 18.1. The van der Waals surface area contributed by atoms with E-state index in [9.17, 15) is 9.90 Å². The molecule has 3 rings (SSSR count). The fraction of sp³-hybridized carbons (Fsp3) is 0.300. The number of carbonyl (C=O) groups excluding carboxylic acids is 1. The first-order valence-electron chi connectivity index (χ1n) is 8.64. The van der Waals surface area contributed by atoms with Crippen LogP contribution in [0, 0.1) is 0 Å². The first-order valence-corrected chi connectivity index (χ1v) is 9.46. The number of hydrogen-bond acceptors (Lipinski definition) is 4. The number of phenols is 1. The minimum absolute atomic E-state index is 0.0112. The quantitative estimate of drug-likeness (QED) is 0.819. The molecule has 0 unspecified atom stereocenters. The van der Waals surface area contributed by atoms with Gasteiger partial charge in [0.15, 0.2) is 5.17 Å². The summed E-state index contributed by atoms with van der Waals surface area (Å²) in [6.07, 6.45) is 3.84. The van der Waals surface area contributed by atoms with Crippen molar-refractivity contribution in [3.8, 4) is 11.4 Å². The molecule has 1 N–H and O–H groups in total. The second kappa shape index (κ2) is 7.41. The van der Waals surface area contributed by atoms with Crippen molar-refractivity contribution >= 4 is 28.9 Å². The van der Waals surface area contributed by atoms with Crippen molar-refractivity contribution in [3.63, 3.8) is 0 Å². The van der Waals surface area contributed by atoms with Gasteiger partial charge in [-0.3, -0.25) is 14.7 Å². The summed E-state index contributed by atoms with van der Waals surface area (Å²) in [6, 6.07) is 11.1. The van der Waals surface area contributed by atoms with Crippen molar-refractivity contribution in [2.24, 2.45) is 4.99 Å². The Morgan fingerprint density at radius 2 is 1.81 bits per heavy atom. The third-order valence-corrected chi connectivity index (χ3v) is 4.91. The van der Waals surface area contributed by atoms with Gasteiger partial charge in [-0.15, -0.1) is 0 Å². The summed E-state index contributed by atoms with van der Waals surface area (Å²) in [5.41, 5.74) is 1.83. The van der Waals surface area contributed by atoms with E-state index in [1.54, 1.807) is 17.0 Å². The van der Waals surface area contributed by atoms with Gasteiger partial charge in [-0.1, -0.05) is 0 Å². The second-order valence-electron chi connectivity index (χ2n) is 6.70. The minimum atomic E-state index is -0.0112. The number of rotatable bonds is 4. The minimum Gasteiger partial charge on any atom is -0.508 e. The molecule has 1 amide bonds. The Balaban J connectivity index is 1.97. The lowest BCUT2D eigenvalue weighted by atomic mass is 10.2. The van der Waals surface area contributed by atoms with Crippen molar-refractivity contribution in [2.75, 3.05) is 0 Å². The van der Waals surface area contributed by atoms with Crippen LogP contribution in [-0.2, 0) is 4.79 Å². The highest BCUT2D eigenvalue weighted by molar-refractivity contribution is 8.18. The summed E-state index contributed by atoms with van der Waals surface area (Å²) < 4.78 is 1.98. The highest BCUT2D eigenvalue weighted by Crippen LogP contribution is 2.34. The number of amides is 1. The monoisotopic (exact) mass is 369 g/mol. The van der Waals surface area contributed by atoms with Gasteiger partial charge in [-0.2, -0.15) is 0 Å². The number of aromatic nitrogens is 1. The molecule has 1 aliphatic rings. The largest absolute Gasteiger partial charge is 0.508 e. The zero-order valence-corrected chi connectivity index (χ0v) is 16.2. The van der Waals surface area contributed by atoms with E-state index >= 15 is 0 Å². The summed E-state index contributed by atoms with van der Waals surface area (Å²) >= 11 is 1.42. The first-order chi connectivity index (χ1) is 12.4. The van der Waals surface area contributed by atoms with Crippen molar-refractivity contribution in [1.29, 1.82) is 0 Å². The number of carbonyl (C=O) groups is 1. The molecule has 1 aromatic carbocycles. The van der Waals surface area contributed by atoms with Crippen LogP contribution >= 0.6 is 11.8 Å². The molecule has 0 spiro atoms. The number of nitrogens with zero attached hydrogens (tertiary/aromatic N) is 3. The maximum absolute atomic E-state index is 12.9. The van der Waals surface area contributed by atoms with Gasteiger partial charge in [-0.25, -0.2) is 0 Å². The highest BCUT2D eigenvalue weighted by Gasteiger charge is 2.35. The average Bonchev–Trinajstić information content (AvgIpc) is 3.13. The molecule has 0 saturated carbocycles. The van der Waals surface area contributed by atoms with Crippen LogP contribution in [0.3, 0.4) is 0 Å². The number of thioether (sulfide) groups is 1. The molecule has 1 fully saturated rings. The van der Waals surface area contributed by atoms with Crippen LogP contribution in [0.25, 0.3) is 11.8 Å². The summed E-state index contributed by atoms with van der Waals surface area (Å²) in [5.74, 6) is 0.215. The van der Waals surface area contributed by atoms with Crippen LogP contribution in [0.4, 0.5) is 0 Å². The van der Waals surface area contributed by atoms with E-state index < -0.39 is 0 Å². The van der Waals surface area contributed by atoms with Gasteiger partial charge >= 0.3 is 0 Å². The summed E-state index contributed by atoms with van der Waals surface area (Å²) in [5, 5.41) is 10.2. The molecule has 136 valence electrons. The number of phenolic OH excluding ortho intramolecular Hbond substituents is 1. The van der Waals surface area contributed by atoms with Crippen molar-refractivity contribution in [2.45, 2.75) is 39.8 Å². The Kier molecular flexibility index (Phi) is 5.23. The van der Waals surface area contributed by atoms with Gasteiger partial charge in [0.2, 0.25) is 0 Å². The molecular formula is C20H23N3O2S. The van der Waals surface area contributed by atoms with E-state index in [2.05, 4.69) is 4.99 Å². The van der Waals surface area contributed by atoms with Gasteiger partial charge in [0.25, 0.3) is 5.91 Å². The number of amidine groups is 1. The van der Waals surface area contributed by atoms with Gasteiger partial charge in [0.1, 0.15) is 5.75 Å². The van der Waals surface area contributed by atoms with Crippen LogP contribution < -0.4 is 0 Å². The second-order valence-corrected chi connectivity index (χ2v) is 7.71. The highest BCUT2D eigenvalue weighted by atomic mass is 32.2. The lowest BCUT2D eigenvalue weighted by molar-refractivity contribution is -0.123. The van der Waals surface area contributed by atoms with Crippen molar-refractivity contribution in [1.82, 2.24) is 9.47 Å². The average molecular weight is 369 g/mol. The molecule has 2 aromatic rings. The van der Waals surface area contributed by atoms with Gasteiger partial charge in [0.05, 0.1) is 4.91 Å². The van der Waals surface area contributed by atoms with Crippen molar-refractivity contribution in [3.05, 3.63) is 53.2 Å². The first kappa shape index (κ1) is 18.3. The van der Waals surface area contributed by atoms with Gasteiger partial charge in [-0.05, 0) is 81.9 Å². The van der Waals surface area contributed by atoms with E-state index in [1.165, 1.54) is 11.8 Å². The molecule has 26 heavy (non-hydrogen) atoms. The molecule has 6 heteroatoms. The third-order valence-electron chi connectivity index (χ3n) is 3.91. The topological polar surface area (TPSA) is 57.8 Å². The summed E-state index contributed by atoms with van der Waals surface area (Å²) in [4.78, 5) is 19.9. The van der Waals surface area contributed by atoms with E-state index in [1.807, 2.05) is 68.8 Å². The van der Waals surface area contributed by atoms with Gasteiger partial charge in [0, 0.05) is 29.7 Å². The Hall–Kier alpha value is -2.47. The molecule has 1 aromatic heterocycles. The van der Waals surface area contributed by atoms with Crippen LogP contribution in [0.5, 0.6) is 5.75 Å². The predicted octanol–water partition coefficient (Wildman–Crippen LogP) is 4.27. The van der Waals surface area contributed by atoms with E-state index in [0.29, 0.717) is 4.91 Å². The third kappa shape index (κ3) is 3.70. The molecule has 0 aliphatic carbocycles. The molecular weight excluding hydrogens is 346 g/mol. The number of aliphatic imine (C=N–C) groups is 1. The Morgan fingerprint density at radius 1 is 1.12 bits per heavy atom. The number of benzene rings is 1. The van der Waals surface area contributed by atoms with E-state index in [-0.39, 0.29) is 23.7 Å². The molecule has 5 nitrogen and oxygen atoms in total. The molecule has 0 radical (unpaired) electrons. The van der Waals surface area contributed by atoms with Crippen LogP contribution in [0.15, 0.2) is 52.5 Å². The Bertz CT molecular complexity index is 863. The predicted molar refractivity (Wildman–Crippen MR) is 108 cm³/mol. The standard InChI is InChI=1S/C20H23N3O2S/c1-13(2)21-20-23(14(3)4)19(25)18(26-20)12-16-6-5-11-22(16)15-7-9-17(24)10-8-15/h5-14,24H,1-4H3/b18-12+,21-20?.